The molecule has 1 heterocycles. The van der Waals surface area contributed by atoms with Crippen LogP contribution in [0.3, 0.4) is 0 Å². The lowest BCUT2D eigenvalue weighted by Crippen LogP contribution is -2.21. The second-order valence-electron chi connectivity index (χ2n) is 4.93. The minimum atomic E-state index is -2.99. The molecule has 1 aromatic carbocycles. The highest BCUT2D eigenvalue weighted by atomic mass is 79.9. The highest BCUT2D eigenvalue weighted by Gasteiger charge is 2.29. The number of halogens is 2. The number of benzene rings is 1. The Morgan fingerprint density at radius 2 is 2.29 bits per heavy atom. The molecular formula is C13H14BrFN2O3S. The predicted molar refractivity (Wildman–Crippen MR) is 81.2 cm³/mol. The van der Waals surface area contributed by atoms with E-state index in [0.29, 0.717) is 10.9 Å². The van der Waals surface area contributed by atoms with Crippen molar-refractivity contribution in [2.75, 3.05) is 11.5 Å². The monoisotopic (exact) mass is 376 g/mol. The number of carbonyl (C=O) groups is 1. The SMILES string of the molecule is O=C(C[C@H]1CCS(=O)(=O)C1)N/N=C\c1cc(Br)ccc1F. The van der Waals surface area contributed by atoms with E-state index in [1.165, 1.54) is 18.3 Å². The second kappa shape index (κ2) is 6.65. The number of hydrogen-bond donors (Lipinski definition) is 1. The van der Waals surface area contributed by atoms with Gasteiger partial charge < -0.3 is 0 Å². The van der Waals surface area contributed by atoms with Crippen molar-refractivity contribution in [3.8, 4) is 0 Å². The van der Waals surface area contributed by atoms with E-state index in [1.54, 1.807) is 6.07 Å². The summed E-state index contributed by atoms with van der Waals surface area (Å²) in [5, 5.41) is 3.69. The minimum absolute atomic E-state index is 0.0460. The summed E-state index contributed by atoms with van der Waals surface area (Å²) in [6.07, 6.45) is 1.82. The number of nitrogens with one attached hydrogen (secondary N) is 1. The van der Waals surface area contributed by atoms with Crippen LogP contribution in [0.1, 0.15) is 18.4 Å². The Morgan fingerprint density at radius 1 is 1.52 bits per heavy atom. The zero-order valence-electron chi connectivity index (χ0n) is 11.1. The molecule has 2 rings (SSSR count). The van der Waals surface area contributed by atoms with E-state index < -0.39 is 15.7 Å². The zero-order chi connectivity index (χ0) is 15.5. The smallest absolute Gasteiger partial charge is 0.240 e. The Hall–Kier alpha value is -1.28. The van der Waals surface area contributed by atoms with Crippen LogP contribution in [0.4, 0.5) is 4.39 Å². The summed E-state index contributed by atoms with van der Waals surface area (Å²) in [4.78, 5) is 11.6. The van der Waals surface area contributed by atoms with Gasteiger partial charge in [0.1, 0.15) is 5.82 Å². The first kappa shape index (κ1) is 16.1. The molecule has 1 aliphatic heterocycles. The van der Waals surface area contributed by atoms with Gasteiger partial charge in [0.25, 0.3) is 0 Å². The quantitative estimate of drug-likeness (QED) is 0.643. The Bertz CT molecular complexity index is 676. The van der Waals surface area contributed by atoms with Crippen LogP contribution in [0.2, 0.25) is 0 Å². The van der Waals surface area contributed by atoms with Crippen molar-refractivity contribution >= 4 is 37.9 Å². The molecule has 0 bridgehead atoms. The standard InChI is InChI=1S/C13H14BrFN2O3S/c14-11-1-2-12(15)10(6-11)7-16-17-13(18)5-9-3-4-21(19,20)8-9/h1-2,6-7,9H,3-5,8H2,(H,17,18)/b16-7-/t9-/m1/s1. The molecule has 1 fully saturated rings. The van der Waals surface area contributed by atoms with Gasteiger partial charge >= 0.3 is 0 Å². The first-order chi connectivity index (χ1) is 9.85. The fourth-order valence-corrected chi connectivity index (χ4v) is 4.37. The van der Waals surface area contributed by atoms with Crippen molar-refractivity contribution in [1.29, 1.82) is 0 Å². The number of sulfone groups is 1. The lowest BCUT2D eigenvalue weighted by Gasteiger charge is -2.05. The van der Waals surface area contributed by atoms with Crippen molar-refractivity contribution in [2.24, 2.45) is 11.0 Å². The third-order valence-electron chi connectivity index (χ3n) is 3.15. The number of carbonyl (C=O) groups excluding carboxylic acids is 1. The van der Waals surface area contributed by atoms with Crippen molar-refractivity contribution in [1.82, 2.24) is 5.43 Å². The molecule has 21 heavy (non-hydrogen) atoms. The zero-order valence-corrected chi connectivity index (χ0v) is 13.5. The van der Waals surface area contributed by atoms with Crippen LogP contribution in [0.5, 0.6) is 0 Å². The van der Waals surface area contributed by atoms with E-state index in [1.807, 2.05) is 0 Å². The Balaban J connectivity index is 1.86. The summed E-state index contributed by atoms with van der Waals surface area (Å²) in [6.45, 7) is 0. The van der Waals surface area contributed by atoms with Gasteiger partial charge in [-0.15, -0.1) is 0 Å². The van der Waals surface area contributed by atoms with E-state index in [0.717, 1.165) is 0 Å². The molecule has 0 unspecified atom stereocenters. The molecule has 1 aromatic rings. The average molecular weight is 377 g/mol. The Labute approximate surface area is 130 Å². The van der Waals surface area contributed by atoms with Gasteiger partial charge in [-0.3, -0.25) is 4.79 Å². The summed E-state index contributed by atoms with van der Waals surface area (Å²) in [5.41, 5.74) is 2.53. The molecular weight excluding hydrogens is 363 g/mol. The van der Waals surface area contributed by atoms with E-state index in [-0.39, 0.29) is 35.3 Å². The second-order valence-corrected chi connectivity index (χ2v) is 8.08. The highest BCUT2D eigenvalue weighted by Crippen LogP contribution is 2.21. The summed E-state index contributed by atoms with van der Waals surface area (Å²) >= 11 is 3.21. The van der Waals surface area contributed by atoms with Crippen LogP contribution >= 0.6 is 15.9 Å². The van der Waals surface area contributed by atoms with Gasteiger partial charge in [-0.05, 0) is 30.5 Å². The molecule has 114 valence electrons. The van der Waals surface area contributed by atoms with Crippen LogP contribution in [0.25, 0.3) is 0 Å². The maximum atomic E-state index is 13.4. The molecule has 8 heteroatoms. The number of hydrazone groups is 1. The fraction of sp³-hybridized carbons (Fsp3) is 0.385. The van der Waals surface area contributed by atoms with Crippen molar-refractivity contribution in [3.63, 3.8) is 0 Å². The van der Waals surface area contributed by atoms with Gasteiger partial charge in [0, 0.05) is 16.5 Å². The van der Waals surface area contributed by atoms with Gasteiger partial charge in [0.15, 0.2) is 9.84 Å². The maximum absolute atomic E-state index is 13.4. The Kier molecular flexibility index (Phi) is 5.10. The third-order valence-corrected chi connectivity index (χ3v) is 5.48. The largest absolute Gasteiger partial charge is 0.273 e. The Morgan fingerprint density at radius 3 is 2.95 bits per heavy atom. The molecule has 0 saturated carbocycles. The van der Waals surface area contributed by atoms with Gasteiger partial charge in [0.2, 0.25) is 5.91 Å². The molecule has 1 saturated heterocycles. The maximum Gasteiger partial charge on any atom is 0.240 e. The molecule has 0 spiro atoms. The summed E-state index contributed by atoms with van der Waals surface area (Å²) < 4.78 is 36.7. The van der Waals surface area contributed by atoms with Gasteiger partial charge in [-0.25, -0.2) is 18.2 Å². The number of hydrogen-bond acceptors (Lipinski definition) is 4. The molecule has 0 radical (unpaired) electrons. The molecule has 0 aliphatic carbocycles. The molecule has 1 amide bonds. The first-order valence-electron chi connectivity index (χ1n) is 6.33. The summed E-state index contributed by atoms with van der Waals surface area (Å²) in [7, 11) is -2.99. The van der Waals surface area contributed by atoms with Crippen LogP contribution in [-0.2, 0) is 14.6 Å². The normalized spacial score (nSPS) is 20.8. The molecule has 1 N–H and O–H groups in total. The van der Waals surface area contributed by atoms with Crippen LogP contribution in [0, 0.1) is 11.7 Å². The molecule has 1 atom stereocenters. The van der Waals surface area contributed by atoms with Crippen molar-refractivity contribution < 1.29 is 17.6 Å². The fourth-order valence-electron chi connectivity index (χ4n) is 2.13. The highest BCUT2D eigenvalue weighted by molar-refractivity contribution is 9.10. The van der Waals surface area contributed by atoms with Crippen LogP contribution in [0.15, 0.2) is 27.8 Å². The van der Waals surface area contributed by atoms with Gasteiger partial charge in [0.05, 0.1) is 17.7 Å². The number of nitrogens with zero attached hydrogens (tertiary/aromatic N) is 1. The summed E-state index contributed by atoms with van der Waals surface area (Å²) in [6, 6.07) is 4.39. The first-order valence-corrected chi connectivity index (χ1v) is 8.94. The van der Waals surface area contributed by atoms with E-state index >= 15 is 0 Å². The topological polar surface area (TPSA) is 75.6 Å². The lowest BCUT2D eigenvalue weighted by molar-refractivity contribution is -0.121. The lowest BCUT2D eigenvalue weighted by atomic mass is 10.1. The van der Waals surface area contributed by atoms with Crippen molar-refractivity contribution in [2.45, 2.75) is 12.8 Å². The van der Waals surface area contributed by atoms with E-state index in [4.69, 9.17) is 0 Å². The van der Waals surface area contributed by atoms with E-state index in [2.05, 4.69) is 26.5 Å². The number of rotatable bonds is 4. The number of amides is 1. The average Bonchev–Trinajstić information content (AvgIpc) is 2.73. The molecule has 5 nitrogen and oxygen atoms in total. The minimum Gasteiger partial charge on any atom is -0.273 e. The summed E-state index contributed by atoms with van der Waals surface area (Å²) in [5.74, 6) is -0.795. The van der Waals surface area contributed by atoms with Crippen LogP contribution < -0.4 is 5.43 Å². The third kappa shape index (κ3) is 4.89. The van der Waals surface area contributed by atoms with Gasteiger partial charge in [-0.1, -0.05) is 15.9 Å². The van der Waals surface area contributed by atoms with Crippen molar-refractivity contribution in [3.05, 3.63) is 34.1 Å². The molecule has 0 aromatic heterocycles. The van der Waals surface area contributed by atoms with Gasteiger partial charge in [-0.2, -0.15) is 5.10 Å². The van der Waals surface area contributed by atoms with E-state index in [9.17, 15) is 17.6 Å². The molecule has 1 aliphatic rings. The van der Waals surface area contributed by atoms with Crippen LogP contribution in [-0.4, -0.2) is 32.0 Å². The predicted octanol–water partition coefficient (Wildman–Crippen LogP) is 1.86.